The quantitative estimate of drug-likeness (QED) is 0.0902. The van der Waals surface area contributed by atoms with Crippen LogP contribution in [0, 0.1) is 17.3 Å². The van der Waals surface area contributed by atoms with Crippen LogP contribution in [0.1, 0.15) is 73.6 Å². The number of ether oxygens (including phenoxy) is 3. The zero-order valence-electron chi connectivity index (χ0n) is 35.1. The summed E-state index contributed by atoms with van der Waals surface area (Å²) in [6.07, 6.45) is 14.9. The summed E-state index contributed by atoms with van der Waals surface area (Å²) in [5.74, 6) is -0.703. The molecule has 3 unspecified atom stereocenters. The number of rotatable bonds is 17. The standard InChI is InChI=1S/C47H57N5O6/c1-9-12-30(13-14-48-15-16-57-19-20-58-18-17-56-8)42-43-27(5)33(11-3)38(51-43)23-35-26(4)32(10-2)37(49-35)24-36-28(6)41-39(53)22-34(45(41)50-36)46-47(29(7)44(42)52-46)25-31(47)21-40(54)55/h9,12-14,23-24,29,31,48,52-53H,1,10-11,15-22,25H2,2-8H3,(H,54,55)/p+1. The molecule has 1 spiro atoms. The zero-order valence-corrected chi connectivity index (χ0v) is 35.1. The fraction of sp³-hybridized carbons (Fsp3) is 0.447. The van der Waals surface area contributed by atoms with Gasteiger partial charge >= 0.3 is 5.97 Å². The minimum Gasteiger partial charge on any atom is -0.511 e. The molecule has 0 aromatic carbocycles. The number of nitrogens with two attached hydrogens (primary N) is 1. The number of carboxylic acid groups (broad SMARTS) is 1. The van der Waals surface area contributed by atoms with E-state index in [2.05, 4.69) is 76.3 Å². The number of methoxy groups -OCH3 is 1. The highest BCUT2D eigenvalue weighted by molar-refractivity contribution is 6.22. The van der Waals surface area contributed by atoms with Gasteiger partial charge in [0.2, 0.25) is 0 Å². The van der Waals surface area contributed by atoms with Gasteiger partial charge in [0, 0.05) is 59.4 Å². The summed E-state index contributed by atoms with van der Waals surface area (Å²) < 4.78 is 16.3. The third-order valence-electron chi connectivity index (χ3n) is 12.7. The molecule has 1 saturated heterocycles. The Morgan fingerprint density at radius 2 is 1.69 bits per heavy atom. The molecule has 2 fully saturated rings. The fourth-order valence-corrected chi connectivity index (χ4v) is 9.60. The van der Waals surface area contributed by atoms with Gasteiger partial charge in [-0.25, -0.2) is 15.0 Å². The van der Waals surface area contributed by atoms with Gasteiger partial charge in [0.15, 0.2) is 0 Å². The zero-order chi connectivity index (χ0) is 41.3. The first-order valence-electron chi connectivity index (χ1n) is 20.7. The topological polar surface area (TPSA) is 151 Å². The second-order valence-corrected chi connectivity index (χ2v) is 15.9. The van der Waals surface area contributed by atoms with Crippen molar-refractivity contribution in [2.45, 2.75) is 73.6 Å². The molecule has 58 heavy (non-hydrogen) atoms. The highest BCUT2D eigenvalue weighted by Crippen LogP contribution is 2.69. The Bertz CT molecular complexity index is 2230. The second kappa shape index (κ2) is 17.1. The average molecular weight is 789 g/mol. The number of carboxylic acids is 1. The molecule has 5 aliphatic heterocycles. The summed E-state index contributed by atoms with van der Waals surface area (Å²) in [6, 6.07) is 0. The minimum absolute atomic E-state index is 0.0582. The van der Waals surface area contributed by atoms with E-state index in [1.165, 1.54) is 0 Å². The molecule has 5 N–H and O–H groups in total. The van der Waals surface area contributed by atoms with E-state index in [1.54, 1.807) is 13.2 Å². The highest BCUT2D eigenvalue weighted by Gasteiger charge is 2.66. The van der Waals surface area contributed by atoms with Crippen molar-refractivity contribution >= 4 is 23.1 Å². The molecule has 1 saturated carbocycles. The Kier molecular flexibility index (Phi) is 12.2. The number of hydrogen-bond acceptors (Lipinski definition) is 9. The Balaban J connectivity index is 1.38. The van der Waals surface area contributed by atoms with Gasteiger partial charge in [-0.3, -0.25) is 4.79 Å². The van der Waals surface area contributed by atoms with Gasteiger partial charge in [-0.2, -0.15) is 0 Å². The predicted octanol–water partition coefficient (Wildman–Crippen LogP) is 7.17. The number of nitrogens with one attached hydrogen (secondary N) is 1. The van der Waals surface area contributed by atoms with Crippen LogP contribution in [0.5, 0.6) is 0 Å². The Hall–Kier alpha value is -4.94. The van der Waals surface area contributed by atoms with Crippen molar-refractivity contribution in [1.29, 1.82) is 0 Å². The Morgan fingerprint density at radius 3 is 2.40 bits per heavy atom. The number of aliphatic imine (C=N–C) groups is 3. The van der Waals surface area contributed by atoms with Crippen molar-refractivity contribution in [1.82, 2.24) is 5.32 Å². The molecular weight excluding hydrogens is 731 g/mol. The van der Waals surface area contributed by atoms with Crippen molar-refractivity contribution in [2.75, 3.05) is 46.7 Å². The molecule has 5 heterocycles. The molecule has 0 radical (unpaired) electrons. The van der Waals surface area contributed by atoms with E-state index in [4.69, 9.17) is 29.2 Å². The SMILES string of the molecule is C=CC=C(C=C[NH2+]CCOCCOCCOC)C1=C2NC(=C3CC(O)=C4C3=NC(=C4C)C=C3N=C(C=C4N=C1C(C)=C4CC)C(C)=C3CC)C1(CC1CC(=O)O)C2C. The average Bonchev–Trinajstić information content (AvgIpc) is 3.46. The number of carbonyl (C=O) groups is 1. The number of aliphatic hydroxyl groups is 1. The van der Waals surface area contributed by atoms with E-state index in [-0.39, 0.29) is 24.0 Å². The minimum atomic E-state index is -0.812. The number of hydrogen-bond donors (Lipinski definition) is 4. The van der Waals surface area contributed by atoms with Crippen LogP contribution in [-0.4, -0.2) is 80.0 Å². The van der Waals surface area contributed by atoms with Gasteiger partial charge in [-0.15, -0.1) is 0 Å². The molecule has 0 aromatic rings. The lowest BCUT2D eigenvalue weighted by Crippen LogP contribution is -2.79. The number of aliphatic carboxylic acids is 1. The summed E-state index contributed by atoms with van der Waals surface area (Å²) in [7, 11) is 1.65. The molecule has 7 rings (SSSR count). The Morgan fingerprint density at radius 1 is 0.983 bits per heavy atom. The van der Waals surface area contributed by atoms with Gasteiger partial charge in [0.25, 0.3) is 0 Å². The van der Waals surface area contributed by atoms with Crippen LogP contribution >= 0.6 is 0 Å². The van der Waals surface area contributed by atoms with E-state index in [9.17, 15) is 15.0 Å². The monoisotopic (exact) mass is 788 g/mol. The molecule has 7 aliphatic rings. The summed E-state index contributed by atoms with van der Waals surface area (Å²) in [5.41, 5.74) is 15.6. The molecule has 11 heteroatoms. The molecule has 0 aromatic heterocycles. The largest absolute Gasteiger partial charge is 0.511 e. The van der Waals surface area contributed by atoms with Gasteiger partial charge in [0.1, 0.15) is 12.3 Å². The summed E-state index contributed by atoms with van der Waals surface area (Å²) in [4.78, 5) is 28.2. The first-order chi connectivity index (χ1) is 28.0. The summed E-state index contributed by atoms with van der Waals surface area (Å²) >= 11 is 0. The molecule has 2 aliphatic carbocycles. The van der Waals surface area contributed by atoms with Gasteiger partial charge in [0.05, 0.1) is 73.5 Å². The van der Waals surface area contributed by atoms with Crippen LogP contribution in [0.15, 0.2) is 143 Å². The normalized spacial score (nSPS) is 25.2. The first-order valence-corrected chi connectivity index (χ1v) is 20.7. The van der Waals surface area contributed by atoms with E-state index < -0.39 is 11.4 Å². The van der Waals surface area contributed by atoms with Crippen LogP contribution < -0.4 is 10.6 Å². The Labute approximate surface area is 342 Å². The van der Waals surface area contributed by atoms with Crippen molar-refractivity contribution < 1.29 is 34.5 Å². The molecule has 0 amide bonds. The van der Waals surface area contributed by atoms with Gasteiger partial charge in [-0.05, 0) is 97.6 Å². The predicted molar refractivity (Wildman–Crippen MR) is 228 cm³/mol. The molecule has 3 atom stereocenters. The lowest BCUT2D eigenvalue weighted by Gasteiger charge is -2.20. The van der Waals surface area contributed by atoms with Crippen molar-refractivity contribution in [3.8, 4) is 0 Å². The number of aliphatic hydroxyl groups excluding tert-OH is 1. The molecule has 306 valence electrons. The van der Waals surface area contributed by atoms with Crippen LogP contribution in [0.3, 0.4) is 0 Å². The van der Waals surface area contributed by atoms with E-state index in [0.717, 1.165) is 115 Å². The lowest BCUT2D eigenvalue weighted by atomic mass is 9.81. The summed E-state index contributed by atoms with van der Waals surface area (Å²) in [5, 5.41) is 27.8. The van der Waals surface area contributed by atoms with Crippen LogP contribution in [-0.2, 0) is 19.0 Å². The second-order valence-electron chi connectivity index (χ2n) is 15.9. The number of quaternary nitrogens is 1. The third kappa shape index (κ3) is 7.34. The number of nitrogens with zero attached hydrogens (tertiary/aromatic N) is 3. The maximum atomic E-state index is 12.3. The molecule has 8 bridgehead atoms. The third-order valence-corrected chi connectivity index (χ3v) is 12.7. The van der Waals surface area contributed by atoms with E-state index in [0.29, 0.717) is 45.9 Å². The molecule has 11 nitrogen and oxygen atoms in total. The van der Waals surface area contributed by atoms with Crippen molar-refractivity contribution in [2.24, 2.45) is 32.2 Å². The van der Waals surface area contributed by atoms with Crippen LogP contribution in [0.25, 0.3) is 0 Å². The number of allylic oxidation sites excluding steroid dienone is 16. The smallest absolute Gasteiger partial charge is 0.303 e. The van der Waals surface area contributed by atoms with Gasteiger partial charge in [-0.1, -0.05) is 39.5 Å². The van der Waals surface area contributed by atoms with E-state index >= 15 is 0 Å². The van der Waals surface area contributed by atoms with Crippen molar-refractivity contribution in [3.05, 3.63) is 128 Å². The molecular formula is C47H58N5O6+. The number of fused-ring (bicyclic) bond motifs is 6. The maximum absolute atomic E-state index is 12.3. The lowest BCUT2D eigenvalue weighted by molar-refractivity contribution is -0.590. The highest BCUT2D eigenvalue weighted by atomic mass is 16.5. The fourth-order valence-electron chi connectivity index (χ4n) is 9.60. The van der Waals surface area contributed by atoms with Gasteiger partial charge < -0.3 is 35.1 Å². The van der Waals surface area contributed by atoms with E-state index in [1.807, 2.05) is 13.0 Å². The maximum Gasteiger partial charge on any atom is 0.303 e. The van der Waals surface area contributed by atoms with Crippen LogP contribution in [0.2, 0.25) is 0 Å². The van der Waals surface area contributed by atoms with Crippen molar-refractivity contribution in [3.63, 3.8) is 0 Å². The van der Waals surface area contributed by atoms with Crippen LogP contribution in [0.4, 0.5) is 0 Å². The summed E-state index contributed by atoms with van der Waals surface area (Å²) in [6.45, 7) is 20.4. The first kappa shape index (κ1) is 41.2.